The van der Waals surface area contributed by atoms with Crippen molar-refractivity contribution in [1.82, 2.24) is 5.32 Å². The molecule has 0 aromatic carbocycles. The first-order valence-electron chi connectivity index (χ1n) is 6.66. The van der Waals surface area contributed by atoms with Crippen LogP contribution in [0, 0.1) is 0 Å². The third kappa shape index (κ3) is 3.27. The number of rotatable bonds is 8. The molecule has 0 radical (unpaired) electrons. The molecule has 2 nitrogen and oxygen atoms in total. The van der Waals surface area contributed by atoms with Crippen molar-refractivity contribution in [2.75, 3.05) is 13.7 Å². The summed E-state index contributed by atoms with van der Waals surface area (Å²) in [6.45, 7) is 7.50. The van der Waals surface area contributed by atoms with Gasteiger partial charge in [0, 0.05) is 12.0 Å². The molecular weight excluding hydrogens is 266 g/mol. The second-order valence-corrected chi connectivity index (χ2v) is 5.85. The average molecular weight is 290 g/mol. The molecule has 1 heterocycles. The van der Waals surface area contributed by atoms with E-state index < -0.39 is 0 Å². The summed E-state index contributed by atoms with van der Waals surface area (Å²) in [5.41, 5.74) is -0.177. The van der Waals surface area contributed by atoms with E-state index in [-0.39, 0.29) is 11.6 Å². The molecule has 1 unspecified atom stereocenters. The SMILES string of the molecule is CCCNC(c1sccc1Cl)C(CC)(CC)OC. The van der Waals surface area contributed by atoms with Gasteiger partial charge in [0.05, 0.1) is 16.7 Å². The fraction of sp³-hybridized carbons (Fsp3) is 0.714. The Morgan fingerprint density at radius 1 is 1.39 bits per heavy atom. The number of nitrogens with one attached hydrogen (secondary N) is 1. The van der Waals surface area contributed by atoms with E-state index in [0.717, 1.165) is 30.8 Å². The zero-order chi connectivity index (χ0) is 13.6. The van der Waals surface area contributed by atoms with Crippen LogP contribution in [0.5, 0.6) is 0 Å². The molecule has 1 aromatic heterocycles. The minimum atomic E-state index is -0.177. The molecule has 1 rings (SSSR count). The molecule has 1 aromatic rings. The summed E-state index contributed by atoms with van der Waals surface area (Å²) >= 11 is 8.01. The molecule has 18 heavy (non-hydrogen) atoms. The van der Waals surface area contributed by atoms with Gasteiger partial charge in [0.15, 0.2) is 0 Å². The molecule has 0 aliphatic carbocycles. The average Bonchev–Trinajstić information content (AvgIpc) is 2.81. The van der Waals surface area contributed by atoms with Gasteiger partial charge in [-0.05, 0) is 37.3 Å². The molecule has 0 aliphatic heterocycles. The van der Waals surface area contributed by atoms with Crippen LogP contribution in [0.4, 0.5) is 0 Å². The highest BCUT2D eigenvalue weighted by Gasteiger charge is 2.38. The van der Waals surface area contributed by atoms with Gasteiger partial charge in [-0.25, -0.2) is 0 Å². The quantitative estimate of drug-likeness (QED) is 0.752. The van der Waals surface area contributed by atoms with Crippen LogP contribution in [-0.4, -0.2) is 19.3 Å². The maximum atomic E-state index is 6.31. The highest BCUT2D eigenvalue weighted by atomic mass is 35.5. The predicted molar refractivity (Wildman–Crippen MR) is 80.7 cm³/mol. The molecule has 4 heteroatoms. The van der Waals surface area contributed by atoms with Crippen molar-refractivity contribution in [2.24, 2.45) is 0 Å². The lowest BCUT2D eigenvalue weighted by molar-refractivity contribution is -0.0476. The van der Waals surface area contributed by atoms with Crippen LogP contribution in [0.2, 0.25) is 5.02 Å². The van der Waals surface area contributed by atoms with Crippen LogP contribution in [0.15, 0.2) is 11.4 Å². The molecular formula is C14H24ClNOS. The third-order valence-corrected chi connectivity index (χ3v) is 5.06. The van der Waals surface area contributed by atoms with Crippen LogP contribution in [0.1, 0.15) is 51.0 Å². The van der Waals surface area contributed by atoms with Gasteiger partial charge in [-0.3, -0.25) is 0 Å². The van der Waals surface area contributed by atoms with Gasteiger partial charge in [-0.2, -0.15) is 0 Å². The Hall–Kier alpha value is -0.0900. The first kappa shape index (κ1) is 16.0. The van der Waals surface area contributed by atoms with E-state index in [0.29, 0.717) is 0 Å². The second kappa shape index (κ2) is 7.49. The summed E-state index contributed by atoms with van der Waals surface area (Å²) in [5.74, 6) is 0. The summed E-state index contributed by atoms with van der Waals surface area (Å²) in [6, 6.07) is 2.14. The summed E-state index contributed by atoms with van der Waals surface area (Å²) in [5, 5.41) is 6.50. The van der Waals surface area contributed by atoms with Crippen LogP contribution in [0.25, 0.3) is 0 Å². The molecule has 0 bridgehead atoms. The molecule has 0 fully saturated rings. The summed E-state index contributed by atoms with van der Waals surface area (Å²) in [7, 11) is 1.80. The van der Waals surface area contributed by atoms with E-state index in [2.05, 4.69) is 26.1 Å². The summed E-state index contributed by atoms with van der Waals surface area (Å²) in [4.78, 5) is 1.19. The van der Waals surface area contributed by atoms with Crippen molar-refractivity contribution in [3.63, 3.8) is 0 Å². The van der Waals surface area contributed by atoms with Gasteiger partial charge in [-0.15, -0.1) is 11.3 Å². The third-order valence-electron chi connectivity index (χ3n) is 3.63. The van der Waals surface area contributed by atoms with Crippen molar-refractivity contribution in [3.8, 4) is 0 Å². The van der Waals surface area contributed by atoms with Gasteiger partial charge in [-0.1, -0.05) is 32.4 Å². The Balaban J connectivity index is 3.07. The van der Waals surface area contributed by atoms with E-state index in [1.54, 1.807) is 18.4 Å². The Kier molecular flexibility index (Phi) is 6.64. The maximum absolute atomic E-state index is 6.31. The normalized spacial score (nSPS) is 13.8. The van der Waals surface area contributed by atoms with Gasteiger partial charge in [0.2, 0.25) is 0 Å². The minimum Gasteiger partial charge on any atom is -0.376 e. The lowest BCUT2D eigenvalue weighted by atomic mass is 9.87. The van der Waals surface area contributed by atoms with Crippen LogP contribution < -0.4 is 5.32 Å². The summed E-state index contributed by atoms with van der Waals surface area (Å²) < 4.78 is 5.86. The number of hydrogen-bond donors (Lipinski definition) is 1. The van der Waals surface area contributed by atoms with E-state index in [1.165, 1.54) is 4.88 Å². The van der Waals surface area contributed by atoms with Crippen LogP contribution in [0.3, 0.4) is 0 Å². The van der Waals surface area contributed by atoms with Gasteiger partial charge in [0.1, 0.15) is 0 Å². The lowest BCUT2D eigenvalue weighted by Crippen LogP contribution is -2.44. The topological polar surface area (TPSA) is 21.3 Å². The van der Waals surface area contributed by atoms with Crippen LogP contribution >= 0.6 is 22.9 Å². The van der Waals surface area contributed by atoms with E-state index in [9.17, 15) is 0 Å². The molecule has 0 saturated carbocycles. The molecule has 0 amide bonds. The molecule has 104 valence electrons. The zero-order valence-electron chi connectivity index (χ0n) is 11.8. The second-order valence-electron chi connectivity index (χ2n) is 4.50. The Morgan fingerprint density at radius 3 is 2.44 bits per heavy atom. The van der Waals surface area contributed by atoms with Crippen molar-refractivity contribution in [1.29, 1.82) is 0 Å². The van der Waals surface area contributed by atoms with Crippen molar-refractivity contribution in [2.45, 2.75) is 51.7 Å². The van der Waals surface area contributed by atoms with E-state index in [1.807, 2.05) is 11.4 Å². The lowest BCUT2D eigenvalue weighted by Gasteiger charge is -2.38. The first-order valence-corrected chi connectivity index (χ1v) is 7.92. The highest BCUT2D eigenvalue weighted by molar-refractivity contribution is 7.10. The number of hydrogen-bond acceptors (Lipinski definition) is 3. The highest BCUT2D eigenvalue weighted by Crippen LogP contribution is 2.40. The van der Waals surface area contributed by atoms with Crippen molar-refractivity contribution >= 4 is 22.9 Å². The number of thiophene rings is 1. The largest absolute Gasteiger partial charge is 0.376 e. The smallest absolute Gasteiger partial charge is 0.0875 e. The van der Waals surface area contributed by atoms with Gasteiger partial charge >= 0.3 is 0 Å². The number of methoxy groups -OCH3 is 1. The Labute approximate surface area is 120 Å². The Morgan fingerprint density at radius 2 is 2.06 bits per heavy atom. The minimum absolute atomic E-state index is 0.171. The maximum Gasteiger partial charge on any atom is 0.0875 e. The summed E-state index contributed by atoms with van der Waals surface area (Å²) in [6.07, 6.45) is 3.04. The van der Waals surface area contributed by atoms with Gasteiger partial charge in [0.25, 0.3) is 0 Å². The molecule has 1 N–H and O–H groups in total. The fourth-order valence-corrected chi connectivity index (χ4v) is 3.73. The first-order chi connectivity index (χ1) is 8.65. The molecule has 1 atom stereocenters. The fourth-order valence-electron chi connectivity index (χ4n) is 2.38. The molecule has 0 spiro atoms. The molecule has 0 saturated heterocycles. The van der Waals surface area contributed by atoms with E-state index in [4.69, 9.17) is 16.3 Å². The number of ether oxygens (including phenoxy) is 1. The Bertz CT molecular complexity index is 341. The monoisotopic (exact) mass is 289 g/mol. The van der Waals surface area contributed by atoms with Crippen molar-refractivity contribution in [3.05, 3.63) is 21.3 Å². The zero-order valence-corrected chi connectivity index (χ0v) is 13.3. The van der Waals surface area contributed by atoms with Crippen molar-refractivity contribution < 1.29 is 4.74 Å². The predicted octanol–water partition coefficient (Wildman–Crippen LogP) is 4.65. The van der Waals surface area contributed by atoms with E-state index >= 15 is 0 Å². The standard InChI is InChI=1S/C14H24ClNOS/c1-5-9-16-13(12-11(15)8-10-18-12)14(6-2,7-3)17-4/h8,10,13,16H,5-7,9H2,1-4H3. The molecule has 0 aliphatic rings. The number of halogens is 1. The van der Waals surface area contributed by atoms with Crippen LogP contribution in [-0.2, 0) is 4.74 Å². The van der Waals surface area contributed by atoms with Gasteiger partial charge < -0.3 is 10.1 Å².